The van der Waals surface area contributed by atoms with E-state index in [-0.39, 0.29) is 5.91 Å². The summed E-state index contributed by atoms with van der Waals surface area (Å²) in [6.45, 7) is 7.34. The van der Waals surface area contributed by atoms with Crippen LogP contribution in [0.3, 0.4) is 0 Å². The Kier molecular flexibility index (Phi) is 5.93. The van der Waals surface area contributed by atoms with Crippen LogP contribution in [0.5, 0.6) is 5.75 Å². The van der Waals surface area contributed by atoms with Gasteiger partial charge >= 0.3 is 0 Å². The van der Waals surface area contributed by atoms with Gasteiger partial charge in [0.25, 0.3) is 0 Å². The lowest BCUT2D eigenvalue weighted by Gasteiger charge is -2.31. The van der Waals surface area contributed by atoms with E-state index in [0.29, 0.717) is 32.7 Å². The molecule has 1 aromatic rings. The minimum absolute atomic E-state index is 0.146. The normalized spacial score (nSPS) is 23.4. The number of hydrogen-bond donors (Lipinski definition) is 2. The van der Waals surface area contributed by atoms with Gasteiger partial charge in [-0.2, -0.15) is 0 Å². The Balaban J connectivity index is 1.44. The number of anilines is 1. The van der Waals surface area contributed by atoms with Crippen LogP contribution < -0.4 is 15.8 Å². The molecule has 1 amide bonds. The standard InChI is InChI=1S/C19H29N3O3/c1-15-6-9-22(14-15)10-13-25-17-4-2-16(3-5-17)21-18(23)19(20)7-11-24-12-8-19/h2-5,15H,6-14,20H2,1H3,(H,21,23). The highest BCUT2D eigenvalue weighted by Crippen LogP contribution is 2.22. The van der Waals surface area contributed by atoms with Crippen molar-refractivity contribution in [3.8, 4) is 5.75 Å². The molecule has 0 saturated carbocycles. The first-order valence-corrected chi connectivity index (χ1v) is 9.18. The number of nitrogens with one attached hydrogen (secondary N) is 1. The van der Waals surface area contributed by atoms with Crippen LogP contribution in [0.2, 0.25) is 0 Å². The Morgan fingerprint density at radius 3 is 2.72 bits per heavy atom. The summed E-state index contributed by atoms with van der Waals surface area (Å²) in [6, 6.07) is 7.48. The van der Waals surface area contributed by atoms with Crippen LogP contribution in [0, 0.1) is 5.92 Å². The van der Waals surface area contributed by atoms with Crippen molar-refractivity contribution in [1.82, 2.24) is 4.90 Å². The van der Waals surface area contributed by atoms with Gasteiger partial charge in [0.2, 0.25) is 5.91 Å². The maximum atomic E-state index is 12.4. The molecule has 2 aliphatic rings. The van der Waals surface area contributed by atoms with Crippen molar-refractivity contribution in [3.63, 3.8) is 0 Å². The zero-order chi connectivity index (χ0) is 17.7. The van der Waals surface area contributed by atoms with Gasteiger partial charge in [-0.1, -0.05) is 6.92 Å². The highest BCUT2D eigenvalue weighted by molar-refractivity contribution is 5.98. The van der Waals surface area contributed by atoms with E-state index in [1.807, 2.05) is 24.3 Å². The summed E-state index contributed by atoms with van der Waals surface area (Å²) in [4.78, 5) is 14.8. The lowest BCUT2D eigenvalue weighted by molar-refractivity contribution is -0.124. The van der Waals surface area contributed by atoms with E-state index >= 15 is 0 Å². The second-order valence-electron chi connectivity index (χ2n) is 7.29. The number of hydrogen-bond acceptors (Lipinski definition) is 5. The van der Waals surface area contributed by atoms with E-state index in [9.17, 15) is 4.79 Å². The summed E-state index contributed by atoms with van der Waals surface area (Å²) >= 11 is 0. The van der Waals surface area contributed by atoms with Gasteiger partial charge in [-0.3, -0.25) is 9.69 Å². The van der Waals surface area contributed by atoms with Crippen molar-refractivity contribution in [2.45, 2.75) is 31.7 Å². The second kappa shape index (κ2) is 8.17. The average molecular weight is 347 g/mol. The summed E-state index contributed by atoms with van der Waals surface area (Å²) in [6.07, 6.45) is 2.38. The number of nitrogens with two attached hydrogens (primary N) is 1. The Bertz CT molecular complexity index is 570. The fourth-order valence-electron chi connectivity index (χ4n) is 3.37. The summed E-state index contributed by atoms with van der Waals surface area (Å²) in [5.74, 6) is 1.47. The van der Waals surface area contributed by atoms with Crippen LogP contribution in [0.1, 0.15) is 26.2 Å². The zero-order valence-electron chi connectivity index (χ0n) is 15.0. The molecule has 3 rings (SSSR count). The van der Waals surface area contributed by atoms with Crippen LogP contribution in [0.4, 0.5) is 5.69 Å². The van der Waals surface area contributed by atoms with Crippen LogP contribution in [-0.4, -0.2) is 55.8 Å². The van der Waals surface area contributed by atoms with Gasteiger partial charge in [-0.15, -0.1) is 0 Å². The molecule has 1 unspecified atom stereocenters. The first kappa shape index (κ1) is 18.2. The number of likely N-dealkylation sites (tertiary alicyclic amines) is 1. The molecule has 0 spiro atoms. The SMILES string of the molecule is CC1CCN(CCOc2ccc(NC(=O)C3(N)CCOCC3)cc2)C1. The number of rotatable bonds is 6. The van der Waals surface area contributed by atoms with E-state index in [1.54, 1.807) is 0 Å². The predicted octanol–water partition coefficient (Wildman–Crippen LogP) is 1.85. The highest BCUT2D eigenvalue weighted by Gasteiger charge is 2.35. The van der Waals surface area contributed by atoms with Crippen LogP contribution in [0.25, 0.3) is 0 Å². The van der Waals surface area contributed by atoms with Gasteiger partial charge in [0.05, 0.1) is 0 Å². The number of carbonyl (C=O) groups is 1. The van der Waals surface area contributed by atoms with Gasteiger partial charge in [-0.05, 0) is 56.0 Å². The fraction of sp³-hybridized carbons (Fsp3) is 0.632. The topological polar surface area (TPSA) is 76.8 Å². The minimum atomic E-state index is -0.833. The van der Waals surface area contributed by atoms with E-state index in [0.717, 1.165) is 23.9 Å². The van der Waals surface area contributed by atoms with Crippen molar-refractivity contribution in [2.24, 2.45) is 11.7 Å². The third kappa shape index (κ3) is 4.93. The van der Waals surface area contributed by atoms with Crippen molar-refractivity contribution in [1.29, 1.82) is 0 Å². The van der Waals surface area contributed by atoms with Gasteiger partial charge in [0.15, 0.2) is 0 Å². The third-order valence-corrected chi connectivity index (χ3v) is 5.13. The molecular weight excluding hydrogens is 318 g/mol. The highest BCUT2D eigenvalue weighted by atomic mass is 16.5. The second-order valence-corrected chi connectivity index (χ2v) is 7.29. The van der Waals surface area contributed by atoms with E-state index in [4.69, 9.17) is 15.2 Å². The molecule has 2 fully saturated rings. The van der Waals surface area contributed by atoms with Crippen molar-refractivity contribution < 1.29 is 14.3 Å². The number of amides is 1. The van der Waals surface area contributed by atoms with Crippen LogP contribution >= 0.6 is 0 Å². The van der Waals surface area contributed by atoms with Gasteiger partial charge in [-0.25, -0.2) is 0 Å². The Morgan fingerprint density at radius 1 is 1.36 bits per heavy atom. The number of nitrogens with zero attached hydrogens (tertiary/aromatic N) is 1. The largest absolute Gasteiger partial charge is 0.492 e. The minimum Gasteiger partial charge on any atom is -0.492 e. The van der Waals surface area contributed by atoms with Crippen molar-refractivity contribution in [2.75, 3.05) is 44.8 Å². The summed E-state index contributed by atoms with van der Waals surface area (Å²) < 4.78 is 11.1. The lowest BCUT2D eigenvalue weighted by Crippen LogP contribution is -2.54. The molecular formula is C19H29N3O3. The maximum Gasteiger partial charge on any atom is 0.244 e. The average Bonchev–Trinajstić information content (AvgIpc) is 3.02. The Labute approximate surface area is 149 Å². The Morgan fingerprint density at radius 2 is 2.08 bits per heavy atom. The first-order chi connectivity index (χ1) is 12.0. The lowest BCUT2D eigenvalue weighted by atomic mass is 9.90. The van der Waals surface area contributed by atoms with Crippen LogP contribution in [0.15, 0.2) is 24.3 Å². The summed E-state index contributed by atoms with van der Waals surface area (Å²) in [5.41, 5.74) is 6.10. The van der Waals surface area contributed by atoms with E-state index < -0.39 is 5.54 Å². The monoisotopic (exact) mass is 347 g/mol. The smallest absolute Gasteiger partial charge is 0.244 e. The quantitative estimate of drug-likeness (QED) is 0.821. The Hall–Kier alpha value is -1.63. The van der Waals surface area contributed by atoms with Crippen molar-refractivity contribution >= 4 is 11.6 Å². The molecule has 138 valence electrons. The number of carbonyl (C=O) groups excluding carboxylic acids is 1. The fourth-order valence-corrected chi connectivity index (χ4v) is 3.37. The van der Waals surface area contributed by atoms with Gasteiger partial charge < -0.3 is 20.5 Å². The van der Waals surface area contributed by atoms with E-state index in [1.165, 1.54) is 19.5 Å². The molecule has 25 heavy (non-hydrogen) atoms. The van der Waals surface area contributed by atoms with E-state index in [2.05, 4.69) is 17.1 Å². The molecule has 0 aliphatic carbocycles. The van der Waals surface area contributed by atoms with Crippen LogP contribution in [-0.2, 0) is 9.53 Å². The molecule has 0 radical (unpaired) electrons. The number of benzene rings is 1. The maximum absolute atomic E-state index is 12.4. The molecule has 0 bridgehead atoms. The first-order valence-electron chi connectivity index (χ1n) is 9.18. The number of ether oxygens (including phenoxy) is 2. The van der Waals surface area contributed by atoms with Gasteiger partial charge in [0.1, 0.15) is 17.9 Å². The predicted molar refractivity (Wildman–Crippen MR) is 97.8 cm³/mol. The summed E-state index contributed by atoms with van der Waals surface area (Å²) in [5, 5.41) is 2.90. The molecule has 0 aromatic heterocycles. The summed E-state index contributed by atoms with van der Waals surface area (Å²) in [7, 11) is 0. The molecule has 6 heteroatoms. The zero-order valence-corrected chi connectivity index (χ0v) is 15.0. The molecule has 6 nitrogen and oxygen atoms in total. The molecule has 1 atom stereocenters. The third-order valence-electron chi connectivity index (χ3n) is 5.13. The molecule has 2 aliphatic heterocycles. The molecule has 2 heterocycles. The van der Waals surface area contributed by atoms with Gasteiger partial charge in [0, 0.05) is 32.0 Å². The molecule has 3 N–H and O–H groups in total. The molecule has 1 aromatic carbocycles. The molecule has 2 saturated heterocycles. The van der Waals surface area contributed by atoms with Crippen molar-refractivity contribution in [3.05, 3.63) is 24.3 Å².